The number of hydrogen-bond donors (Lipinski definition) is 2. The van der Waals surface area contributed by atoms with Crippen molar-refractivity contribution >= 4 is 16.9 Å². The summed E-state index contributed by atoms with van der Waals surface area (Å²) in [5, 5.41) is 12.7. The number of fused-ring (bicyclic) bond motifs is 1. The Morgan fingerprint density at radius 3 is 3.00 bits per heavy atom. The van der Waals surface area contributed by atoms with Crippen LogP contribution in [0.5, 0.6) is 0 Å². The van der Waals surface area contributed by atoms with Crippen molar-refractivity contribution in [3.05, 3.63) is 36.0 Å². The molecule has 4 heteroatoms. The average Bonchev–Trinajstić information content (AvgIpc) is 2.67. The number of benzene rings is 1. The minimum absolute atomic E-state index is 0.0186. The van der Waals surface area contributed by atoms with Crippen molar-refractivity contribution in [3.63, 3.8) is 0 Å². The van der Waals surface area contributed by atoms with E-state index in [1.807, 2.05) is 19.3 Å². The first-order valence-corrected chi connectivity index (χ1v) is 5.64. The quantitative estimate of drug-likeness (QED) is 0.766. The van der Waals surface area contributed by atoms with Crippen LogP contribution < -0.4 is 5.32 Å². The van der Waals surface area contributed by atoms with Gasteiger partial charge in [-0.05, 0) is 30.7 Å². The summed E-state index contributed by atoms with van der Waals surface area (Å²) in [6.45, 7) is 0.699. The fourth-order valence-electron chi connectivity index (χ4n) is 2.00. The van der Waals surface area contributed by atoms with E-state index in [1.165, 1.54) is 16.5 Å². The van der Waals surface area contributed by atoms with Gasteiger partial charge in [-0.2, -0.15) is 0 Å². The molecule has 0 aliphatic heterocycles. The molecule has 1 aromatic carbocycles. The number of nitrogens with zero attached hydrogens (tertiary/aromatic N) is 1. The molecule has 2 rings (SSSR count). The molecule has 2 N–H and O–H groups in total. The van der Waals surface area contributed by atoms with Crippen molar-refractivity contribution in [2.75, 3.05) is 13.1 Å². The van der Waals surface area contributed by atoms with E-state index in [-0.39, 0.29) is 6.54 Å². The smallest absolute Gasteiger partial charge is 0.317 e. The van der Waals surface area contributed by atoms with Crippen LogP contribution in [0.2, 0.25) is 0 Å². The Bertz CT molecular complexity index is 531. The summed E-state index contributed by atoms with van der Waals surface area (Å²) < 4.78 is 2.09. The van der Waals surface area contributed by atoms with Gasteiger partial charge >= 0.3 is 5.97 Å². The van der Waals surface area contributed by atoms with Crippen LogP contribution in [0.1, 0.15) is 5.56 Å². The fraction of sp³-hybridized carbons (Fsp3) is 0.308. The van der Waals surface area contributed by atoms with Crippen molar-refractivity contribution in [3.8, 4) is 0 Å². The van der Waals surface area contributed by atoms with Gasteiger partial charge in [-0.1, -0.05) is 12.1 Å². The van der Waals surface area contributed by atoms with E-state index in [4.69, 9.17) is 5.11 Å². The lowest BCUT2D eigenvalue weighted by Crippen LogP contribution is -2.24. The fourth-order valence-corrected chi connectivity index (χ4v) is 2.00. The lowest BCUT2D eigenvalue weighted by Gasteiger charge is -2.05. The number of hydrogen-bond acceptors (Lipinski definition) is 2. The molecule has 17 heavy (non-hydrogen) atoms. The molecule has 2 aromatic rings. The van der Waals surface area contributed by atoms with Gasteiger partial charge in [0.25, 0.3) is 0 Å². The number of carboxylic acids is 1. The molecule has 90 valence electrons. The predicted octanol–water partition coefficient (Wildman–Crippen LogP) is 1.39. The third-order valence-corrected chi connectivity index (χ3v) is 2.87. The molecule has 0 saturated carbocycles. The molecule has 0 amide bonds. The Kier molecular flexibility index (Phi) is 3.44. The van der Waals surface area contributed by atoms with Crippen molar-refractivity contribution in [2.45, 2.75) is 6.42 Å². The zero-order valence-corrected chi connectivity index (χ0v) is 9.81. The van der Waals surface area contributed by atoms with Gasteiger partial charge < -0.3 is 15.0 Å². The number of carboxylic acid groups (broad SMARTS) is 1. The molecule has 0 radical (unpaired) electrons. The molecule has 0 saturated heterocycles. The number of rotatable bonds is 5. The summed E-state index contributed by atoms with van der Waals surface area (Å²) in [7, 11) is 2.02. The lowest BCUT2D eigenvalue weighted by molar-refractivity contribution is -0.135. The van der Waals surface area contributed by atoms with Gasteiger partial charge in [0.2, 0.25) is 0 Å². The molecule has 0 fully saturated rings. The molecular formula is C13H16N2O2. The normalized spacial score (nSPS) is 10.9. The summed E-state index contributed by atoms with van der Waals surface area (Å²) in [6.07, 6.45) is 2.88. The first kappa shape index (κ1) is 11.7. The highest BCUT2D eigenvalue weighted by molar-refractivity contribution is 5.83. The largest absolute Gasteiger partial charge is 0.480 e. The Morgan fingerprint density at radius 1 is 1.41 bits per heavy atom. The van der Waals surface area contributed by atoms with Gasteiger partial charge in [0.1, 0.15) is 0 Å². The van der Waals surface area contributed by atoms with Crippen LogP contribution in [-0.2, 0) is 18.3 Å². The maximum atomic E-state index is 10.4. The van der Waals surface area contributed by atoms with Crippen LogP contribution in [0.25, 0.3) is 10.9 Å². The SMILES string of the molecule is Cn1ccc2c(CCNCC(=O)O)cccc21. The Hall–Kier alpha value is -1.81. The van der Waals surface area contributed by atoms with Crippen molar-refractivity contribution < 1.29 is 9.90 Å². The van der Waals surface area contributed by atoms with Gasteiger partial charge in [0.15, 0.2) is 0 Å². The lowest BCUT2D eigenvalue weighted by atomic mass is 10.1. The van der Waals surface area contributed by atoms with Gasteiger partial charge in [0.05, 0.1) is 6.54 Å². The Balaban J connectivity index is 2.06. The molecule has 1 heterocycles. The van der Waals surface area contributed by atoms with Crippen LogP contribution >= 0.6 is 0 Å². The van der Waals surface area contributed by atoms with Gasteiger partial charge in [-0.25, -0.2) is 0 Å². The number of aromatic nitrogens is 1. The van der Waals surface area contributed by atoms with E-state index < -0.39 is 5.97 Å². The Labute approximate surface area is 99.9 Å². The average molecular weight is 232 g/mol. The van der Waals surface area contributed by atoms with Gasteiger partial charge in [0, 0.05) is 24.1 Å². The van der Waals surface area contributed by atoms with Crippen LogP contribution in [0.3, 0.4) is 0 Å². The third kappa shape index (κ3) is 2.65. The molecule has 0 aliphatic rings. The molecule has 1 aromatic heterocycles. The standard InChI is InChI=1S/C13H16N2O2/c1-15-8-6-11-10(3-2-4-12(11)15)5-7-14-9-13(16)17/h2-4,6,8,14H,5,7,9H2,1H3,(H,16,17). The first-order valence-electron chi connectivity index (χ1n) is 5.64. The van der Waals surface area contributed by atoms with E-state index >= 15 is 0 Å². The minimum atomic E-state index is -0.817. The molecule has 0 unspecified atom stereocenters. The summed E-state index contributed by atoms with van der Waals surface area (Å²) in [5.74, 6) is -0.817. The number of nitrogens with one attached hydrogen (secondary N) is 1. The summed E-state index contributed by atoms with van der Waals surface area (Å²) in [4.78, 5) is 10.4. The van der Waals surface area contributed by atoms with Crippen LogP contribution in [0, 0.1) is 0 Å². The minimum Gasteiger partial charge on any atom is -0.480 e. The second-order valence-corrected chi connectivity index (χ2v) is 4.10. The summed E-state index contributed by atoms with van der Waals surface area (Å²) in [5.41, 5.74) is 2.46. The summed E-state index contributed by atoms with van der Waals surface area (Å²) in [6, 6.07) is 8.31. The van der Waals surface area contributed by atoms with Crippen molar-refractivity contribution in [1.82, 2.24) is 9.88 Å². The number of carbonyl (C=O) groups is 1. The van der Waals surface area contributed by atoms with Crippen molar-refractivity contribution in [1.29, 1.82) is 0 Å². The maximum Gasteiger partial charge on any atom is 0.317 e. The summed E-state index contributed by atoms with van der Waals surface area (Å²) >= 11 is 0. The maximum absolute atomic E-state index is 10.4. The highest BCUT2D eigenvalue weighted by atomic mass is 16.4. The van der Waals surface area contributed by atoms with Crippen LogP contribution in [0.4, 0.5) is 0 Å². The highest BCUT2D eigenvalue weighted by Gasteiger charge is 2.03. The zero-order chi connectivity index (χ0) is 12.3. The van der Waals surface area contributed by atoms with E-state index in [1.54, 1.807) is 0 Å². The monoisotopic (exact) mass is 232 g/mol. The van der Waals surface area contributed by atoms with Gasteiger partial charge in [-0.3, -0.25) is 4.79 Å². The highest BCUT2D eigenvalue weighted by Crippen LogP contribution is 2.19. The molecule has 0 aliphatic carbocycles. The van der Waals surface area contributed by atoms with Crippen LogP contribution in [0.15, 0.2) is 30.5 Å². The first-order chi connectivity index (χ1) is 8.18. The second-order valence-electron chi connectivity index (χ2n) is 4.10. The van der Waals surface area contributed by atoms with Crippen LogP contribution in [-0.4, -0.2) is 28.7 Å². The third-order valence-electron chi connectivity index (χ3n) is 2.87. The van der Waals surface area contributed by atoms with Crippen molar-refractivity contribution in [2.24, 2.45) is 7.05 Å². The molecular weight excluding hydrogens is 216 g/mol. The number of aliphatic carboxylic acids is 1. The molecule has 4 nitrogen and oxygen atoms in total. The molecule has 0 atom stereocenters. The van der Waals surface area contributed by atoms with E-state index in [9.17, 15) is 4.79 Å². The Morgan fingerprint density at radius 2 is 2.24 bits per heavy atom. The second kappa shape index (κ2) is 5.01. The number of aryl methyl sites for hydroxylation is 1. The predicted molar refractivity (Wildman–Crippen MR) is 67.1 cm³/mol. The topological polar surface area (TPSA) is 54.3 Å². The zero-order valence-electron chi connectivity index (χ0n) is 9.81. The molecule has 0 bridgehead atoms. The van der Waals surface area contributed by atoms with E-state index in [0.29, 0.717) is 6.54 Å². The van der Waals surface area contributed by atoms with E-state index in [0.717, 1.165) is 6.42 Å². The molecule has 0 spiro atoms. The van der Waals surface area contributed by atoms with E-state index in [2.05, 4.69) is 28.1 Å². The van der Waals surface area contributed by atoms with Gasteiger partial charge in [-0.15, -0.1) is 0 Å².